The van der Waals surface area contributed by atoms with E-state index in [0.717, 1.165) is 18.7 Å². The summed E-state index contributed by atoms with van der Waals surface area (Å²) in [7, 11) is 3.52. The maximum atomic E-state index is 13.8. The molecule has 0 aliphatic carbocycles. The highest BCUT2D eigenvalue weighted by atomic mass is 19.1. The molecule has 2 aliphatic heterocycles. The van der Waals surface area contributed by atoms with Crippen LogP contribution < -0.4 is 15.0 Å². The van der Waals surface area contributed by atoms with E-state index in [9.17, 15) is 9.50 Å². The fraction of sp³-hybridized carbons (Fsp3) is 0.423. The average Bonchev–Trinajstić information content (AvgIpc) is 3.04. The third-order valence-electron chi connectivity index (χ3n) is 7.35. The number of piperidine rings is 1. The summed E-state index contributed by atoms with van der Waals surface area (Å²) < 4.78 is 18.8. The van der Waals surface area contributed by atoms with Gasteiger partial charge in [0.2, 0.25) is 11.8 Å². The van der Waals surface area contributed by atoms with Gasteiger partial charge in [0, 0.05) is 41.9 Å². The highest BCUT2D eigenvalue weighted by Gasteiger charge is 2.49. The number of anilines is 1. The lowest BCUT2D eigenvalue weighted by molar-refractivity contribution is 0.207. The molecule has 8 heteroatoms. The van der Waals surface area contributed by atoms with Crippen molar-refractivity contribution in [3.05, 3.63) is 48.4 Å². The van der Waals surface area contributed by atoms with Gasteiger partial charge in [0.25, 0.3) is 0 Å². The first kappa shape index (κ1) is 22.5. The predicted octanol–water partition coefficient (Wildman–Crippen LogP) is 4.56. The second kappa shape index (κ2) is 8.20. The van der Waals surface area contributed by atoms with Crippen LogP contribution in [0.4, 0.5) is 10.2 Å². The second-order valence-corrected chi connectivity index (χ2v) is 10.1. The molecule has 0 radical (unpaired) electrons. The first-order valence-corrected chi connectivity index (χ1v) is 11.6. The van der Waals surface area contributed by atoms with Crippen LogP contribution in [0.15, 0.2) is 42.5 Å². The minimum absolute atomic E-state index is 0.0415. The molecule has 1 aromatic carbocycles. The summed E-state index contributed by atoms with van der Waals surface area (Å²) in [6.07, 6.45) is 4.55. The number of aromatic hydroxyl groups is 1. The van der Waals surface area contributed by atoms with Crippen molar-refractivity contribution in [1.82, 2.24) is 20.5 Å². The van der Waals surface area contributed by atoms with Gasteiger partial charge in [-0.05, 0) is 74.9 Å². The molecule has 7 nitrogen and oxygen atoms in total. The van der Waals surface area contributed by atoms with Crippen LogP contribution in [-0.4, -0.2) is 51.6 Å². The summed E-state index contributed by atoms with van der Waals surface area (Å²) in [6.45, 7) is 4.63. The van der Waals surface area contributed by atoms with Crippen molar-refractivity contribution < 1.29 is 14.2 Å². The fourth-order valence-corrected chi connectivity index (χ4v) is 5.61. The molecular formula is C26H30FN5O2. The van der Waals surface area contributed by atoms with Crippen molar-refractivity contribution in [2.24, 2.45) is 0 Å². The van der Waals surface area contributed by atoms with E-state index in [-0.39, 0.29) is 22.7 Å². The van der Waals surface area contributed by atoms with Crippen LogP contribution in [0.25, 0.3) is 22.4 Å². The molecule has 3 atom stereocenters. The molecule has 5 rings (SSSR count). The number of methoxy groups -OCH3 is 1. The van der Waals surface area contributed by atoms with Gasteiger partial charge in [-0.15, -0.1) is 10.2 Å². The number of hydrogen-bond acceptors (Lipinski definition) is 7. The Morgan fingerprint density at radius 3 is 2.38 bits per heavy atom. The zero-order chi connectivity index (χ0) is 24.1. The van der Waals surface area contributed by atoms with Crippen LogP contribution >= 0.6 is 0 Å². The number of hydrogen-bond donors (Lipinski definition) is 2. The second-order valence-electron chi connectivity index (χ2n) is 10.1. The molecule has 2 N–H and O–H groups in total. The van der Waals surface area contributed by atoms with Gasteiger partial charge in [-0.3, -0.25) is 0 Å². The third-order valence-corrected chi connectivity index (χ3v) is 7.35. The summed E-state index contributed by atoms with van der Waals surface area (Å²) in [5, 5.41) is 23.4. The summed E-state index contributed by atoms with van der Waals surface area (Å²) in [4.78, 5) is 5.89. The lowest BCUT2D eigenvalue weighted by Crippen LogP contribution is -2.58. The topological polar surface area (TPSA) is 83.4 Å². The number of fused-ring (bicyclic) bond motifs is 2. The first-order valence-electron chi connectivity index (χ1n) is 11.6. The molecular weight excluding hydrogens is 433 g/mol. The number of nitrogens with zero attached hydrogens (tertiary/aromatic N) is 4. The van der Waals surface area contributed by atoms with Gasteiger partial charge in [0.1, 0.15) is 5.75 Å². The van der Waals surface area contributed by atoms with Gasteiger partial charge in [-0.25, -0.2) is 0 Å². The van der Waals surface area contributed by atoms with Crippen LogP contribution in [0, 0.1) is 5.95 Å². The molecule has 0 amide bonds. The van der Waals surface area contributed by atoms with Crippen LogP contribution in [0.3, 0.4) is 0 Å². The van der Waals surface area contributed by atoms with Gasteiger partial charge >= 0.3 is 0 Å². The van der Waals surface area contributed by atoms with Crippen molar-refractivity contribution in [3.8, 4) is 34.0 Å². The molecule has 34 heavy (non-hydrogen) atoms. The average molecular weight is 464 g/mol. The summed E-state index contributed by atoms with van der Waals surface area (Å²) in [5.41, 5.74) is 2.69. The highest BCUT2D eigenvalue weighted by molar-refractivity contribution is 5.74. The number of rotatable bonds is 5. The van der Waals surface area contributed by atoms with Crippen molar-refractivity contribution in [2.45, 2.75) is 56.7 Å². The normalized spacial score (nSPS) is 25.9. The van der Waals surface area contributed by atoms with E-state index in [0.29, 0.717) is 28.4 Å². The van der Waals surface area contributed by atoms with Crippen molar-refractivity contribution in [3.63, 3.8) is 0 Å². The van der Waals surface area contributed by atoms with Crippen LogP contribution in [0.1, 0.15) is 39.5 Å². The number of benzene rings is 1. The number of aromatic nitrogens is 3. The van der Waals surface area contributed by atoms with Crippen LogP contribution in [0.5, 0.6) is 11.6 Å². The van der Waals surface area contributed by atoms with Crippen LogP contribution in [-0.2, 0) is 0 Å². The third kappa shape index (κ3) is 4.18. The number of halogens is 1. The number of phenols is 1. The van der Waals surface area contributed by atoms with E-state index in [2.05, 4.69) is 46.3 Å². The Labute approximate surface area is 199 Å². The lowest BCUT2D eigenvalue weighted by atomic mass is 9.84. The number of nitrogens with one attached hydrogen (secondary N) is 1. The Hall–Kier alpha value is -3.26. The lowest BCUT2D eigenvalue weighted by Gasteiger charge is -2.45. The SMILES string of the molecule is COc1cc(-c2ccc(-c3ccc(N(C)C4C[C@]5(C)CC[C@](C)(C4)N5)nn3)c(O)c2)cc(F)n1. The molecule has 2 fully saturated rings. The van der Waals surface area contributed by atoms with E-state index >= 15 is 0 Å². The van der Waals surface area contributed by atoms with Gasteiger partial charge in [-0.2, -0.15) is 9.37 Å². The van der Waals surface area contributed by atoms with E-state index in [1.165, 1.54) is 26.0 Å². The van der Waals surface area contributed by atoms with Crippen LogP contribution in [0.2, 0.25) is 0 Å². The Bertz CT molecular complexity index is 1200. The van der Waals surface area contributed by atoms with Crippen molar-refractivity contribution >= 4 is 5.82 Å². The molecule has 178 valence electrons. The summed E-state index contributed by atoms with van der Waals surface area (Å²) in [6, 6.07) is 12.3. The highest BCUT2D eigenvalue weighted by Crippen LogP contribution is 2.44. The van der Waals surface area contributed by atoms with E-state index in [1.807, 2.05) is 12.1 Å². The molecule has 4 heterocycles. The molecule has 1 unspecified atom stereocenters. The summed E-state index contributed by atoms with van der Waals surface area (Å²) in [5.74, 6) is 0.389. The molecule has 2 aliphatic rings. The molecule has 0 spiro atoms. The minimum Gasteiger partial charge on any atom is -0.507 e. The molecule has 2 saturated heterocycles. The Kier molecular flexibility index (Phi) is 5.43. The van der Waals surface area contributed by atoms with Crippen molar-refractivity contribution in [1.29, 1.82) is 0 Å². The minimum atomic E-state index is -0.645. The Morgan fingerprint density at radius 1 is 1.03 bits per heavy atom. The zero-order valence-electron chi connectivity index (χ0n) is 20.0. The van der Waals surface area contributed by atoms with E-state index in [1.54, 1.807) is 24.3 Å². The zero-order valence-corrected chi connectivity index (χ0v) is 20.0. The van der Waals surface area contributed by atoms with Crippen molar-refractivity contribution in [2.75, 3.05) is 19.1 Å². The maximum Gasteiger partial charge on any atom is 0.216 e. The first-order chi connectivity index (χ1) is 16.2. The smallest absolute Gasteiger partial charge is 0.216 e. The predicted molar refractivity (Wildman–Crippen MR) is 129 cm³/mol. The largest absolute Gasteiger partial charge is 0.507 e. The molecule has 2 bridgehead atoms. The molecule has 0 saturated carbocycles. The number of ether oxygens (including phenoxy) is 1. The number of phenolic OH excluding ortho intramolecular Hbond substituents is 1. The van der Waals surface area contributed by atoms with Gasteiger partial charge in [0.15, 0.2) is 5.82 Å². The number of pyridine rings is 1. The quantitative estimate of drug-likeness (QED) is 0.537. The summed E-state index contributed by atoms with van der Waals surface area (Å²) >= 11 is 0. The van der Waals surface area contributed by atoms with Gasteiger partial charge < -0.3 is 20.1 Å². The fourth-order valence-electron chi connectivity index (χ4n) is 5.61. The standard InChI is InChI=1S/C26H30FN5O2/c1-25-9-10-26(2,31-25)15-18(14-25)32(3)23-8-7-20(29-30-23)19-6-5-16(11-21(19)33)17-12-22(27)28-24(13-17)34-4/h5-8,11-13,18,31,33H,9-10,14-15H2,1-4H3/t18?,25-,26+. The Balaban J connectivity index is 1.36. The van der Waals surface area contributed by atoms with E-state index < -0.39 is 5.95 Å². The monoisotopic (exact) mass is 463 g/mol. The maximum absolute atomic E-state index is 13.8. The molecule has 2 aromatic heterocycles. The van der Waals surface area contributed by atoms with Gasteiger partial charge in [-0.1, -0.05) is 6.07 Å². The van der Waals surface area contributed by atoms with E-state index in [4.69, 9.17) is 4.74 Å². The molecule has 3 aromatic rings. The van der Waals surface area contributed by atoms with Gasteiger partial charge in [0.05, 0.1) is 12.8 Å². The Morgan fingerprint density at radius 2 is 1.76 bits per heavy atom.